The number of hydrogen-bond acceptors (Lipinski definition) is 6. The second-order valence-corrected chi connectivity index (χ2v) is 6.73. The van der Waals surface area contributed by atoms with E-state index in [-0.39, 0.29) is 11.0 Å². The zero-order valence-corrected chi connectivity index (χ0v) is 16.9. The molecule has 0 bridgehead atoms. The Balaban J connectivity index is 1.53. The van der Waals surface area contributed by atoms with Crippen molar-refractivity contribution in [1.29, 1.82) is 0 Å². The van der Waals surface area contributed by atoms with Crippen LogP contribution in [0.25, 0.3) is 11.1 Å². The summed E-state index contributed by atoms with van der Waals surface area (Å²) in [6.45, 7) is 2.79. The average Bonchev–Trinajstić information content (AvgIpc) is 3.27. The van der Waals surface area contributed by atoms with Crippen LogP contribution in [-0.2, 0) is 0 Å². The number of furan rings is 1. The third kappa shape index (κ3) is 6.11. The highest BCUT2D eigenvalue weighted by Gasteiger charge is 2.11. The van der Waals surface area contributed by atoms with Crippen molar-refractivity contribution in [3.8, 4) is 17.0 Å². The van der Waals surface area contributed by atoms with Gasteiger partial charge >= 0.3 is 0 Å². The molecule has 3 aromatic heterocycles. The zero-order valence-electron chi connectivity index (χ0n) is 16.1. The molecule has 1 amide bonds. The number of hydrogen-bond donors (Lipinski definition) is 2. The van der Waals surface area contributed by atoms with Crippen molar-refractivity contribution in [2.45, 2.75) is 26.2 Å². The molecule has 0 unspecified atom stereocenters. The van der Waals surface area contributed by atoms with Crippen molar-refractivity contribution >= 4 is 28.9 Å². The number of aromatic nitrogens is 2. The van der Waals surface area contributed by atoms with Gasteiger partial charge in [0.15, 0.2) is 5.11 Å². The zero-order chi connectivity index (χ0) is 20.5. The molecule has 150 valence electrons. The highest BCUT2D eigenvalue weighted by Crippen LogP contribution is 2.19. The van der Waals surface area contributed by atoms with Gasteiger partial charge < -0.3 is 14.5 Å². The lowest BCUT2D eigenvalue weighted by molar-refractivity contribution is 0.0977. The quantitative estimate of drug-likeness (QED) is 0.419. The summed E-state index contributed by atoms with van der Waals surface area (Å²) < 4.78 is 10.6. The number of unbranched alkanes of at least 4 members (excludes halogenated alkanes) is 2. The second-order valence-electron chi connectivity index (χ2n) is 6.32. The molecular weight excluding hydrogens is 388 g/mol. The fourth-order valence-electron chi connectivity index (χ4n) is 2.56. The molecule has 0 aliphatic heterocycles. The van der Waals surface area contributed by atoms with E-state index in [1.807, 2.05) is 0 Å². The van der Waals surface area contributed by atoms with Crippen molar-refractivity contribution in [3.05, 3.63) is 60.9 Å². The van der Waals surface area contributed by atoms with Crippen molar-refractivity contribution < 1.29 is 13.9 Å². The summed E-state index contributed by atoms with van der Waals surface area (Å²) in [7, 11) is 0. The maximum absolute atomic E-state index is 12.5. The van der Waals surface area contributed by atoms with Crippen LogP contribution in [0.15, 0.2) is 59.8 Å². The van der Waals surface area contributed by atoms with Crippen LogP contribution in [0.3, 0.4) is 0 Å². The molecule has 0 fully saturated rings. The fraction of sp³-hybridized carbons (Fsp3) is 0.238. The van der Waals surface area contributed by atoms with Crippen molar-refractivity contribution in [2.75, 3.05) is 11.9 Å². The van der Waals surface area contributed by atoms with Crippen LogP contribution in [0.1, 0.15) is 36.5 Å². The molecule has 7 nitrogen and oxygen atoms in total. The fourth-order valence-corrected chi connectivity index (χ4v) is 2.77. The third-order valence-corrected chi connectivity index (χ3v) is 4.28. The summed E-state index contributed by atoms with van der Waals surface area (Å²) in [5.74, 6) is 0.202. The molecule has 0 aliphatic rings. The Hall–Kier alpha value is -3.26. The Labute approximate surface area is 174 Å². The minimum absolute atomic E-state index is 0.169. The molecule has 29 heavy (non-hydrogen) atoms. The van der Waals surface area contributed by atoms with Gasteiger partial charge in [-0.15, -0.1) is 0 Å². The van der Waals surface area contributed by atoms with Gasteiger partial charge in [-0.2, -0.15) is 0 Å². The van der Waals surface area contributed by atoms with Gasteiger partial charge in [-0.25, -0.2) is 4.98 Å². The number of amides is 1. The maximum Gasteiger partial charge on any atom is 0.258 e. The van der Waals surface area contributed by atoms with E-state index in [9.17, 15) is 4.79 Å². The van der Waals surface area contributed by atoms with Crippen LogP contribution >= 0.6 is 12.2 Å². The van der Waals surface area contributed by atoms with E-state index in [1.165, 1.54) is 6.20 Å². The van der Waals surface area contributed by atoms with Gasteiger partial charge in [-0.05, 0) is 36.8 Å². The van der Waals surface area contributed by atoms with Gasteiger partial charge in [-0.1, -0.05) is 19.8 Å². The first kappa shape index (κ1) is 20.5. The smallest absolute Gasteiger partial charge is 0.258 e. The molecule has 0 atom stereocenters. The Morgan fingerprint density at radius 1 is 1.17 bits per heavy atom. The molecular formula is C21H22N4O3S. The predicted molar refractivity (Wildman–Crippen MR) is 115 cm³/mol. The third-order valence-electron chi connectivity index (χ3n) is 4.07. The van der Waals surface area contributed by atoms with Crippen LogP contribution in [0.5, 0.6) is 5.88 Å². The molecule has 0 saturated carbocycles. The number of thiocarbonyl (C=S) groups is 1. The summed E-state index contributed by atoms with van der Waals surface area (Å²) >= 11 is 5.22. The van der Waals surface area contributed by atoms with E-state index in [1.54, 1.807) is 49.2 Å². The second kappa shape index (κ2) is 10.3. The molecule has 8 heteroatoms. The first-order valence-electron chi connectivity index (χ1n) is 9.34. The number of carbonyl (C=O) groups excluding carboxylic acids is 1. The summed E-state index contributed by atoms with van der Waals surface area (Å²) in [4.78, 5) is 20.8. The van der Waals surface area contributed by atoms with Gasteiger partial charge in [-0.3, -0.25) is 15.1 Å². The molecule has 3 aromatic rings. The lowest BCUT2D eigenvalue weighted by Gasteiger charge is -2.10. The van der Waals surface area contributed by atoms with Gasteiger partial charge in [0.2, 0.25) is 5.88 Å². The number of nitrogens with zero attached hydrogens (tertiary/aromatic N) is 2. The Kier molecular flexibility index (Phi) is 7.29. The van der Waals surface area contributed by atoms with Crippen molar-refractivity contribution in [3.63, 3.8) is 0 Å². The monoisotopic (exact) mass is 410 g/mol. The highest BCUT2D eigenvalue weighted by molar-refractivity contribution is 7.80. The molecule has 0 saturated heterocycles. The first-order valence-corrected chi connectivity index (χ1v) is 9.75. The first-order chi connectivity index (χ1) is 14.2. The Morgan fingerprint density at radius 2 is 2.07 bits per heavy atom. The van der Waals surface area contributed by atoms with Gasteiger partial charge in [0.05, 0.1) is 36.6 Å². The Bertz CT molecular complexity index is 943. The highest BCUT2D eigenvalue weighted by atomic mass is 32.1. The standard InChI is InChI=1S/C21H22N4O3S/c1-2-3-4-8-28-19-6-5-18(13-23-19)24-21(29)25-20(26)17-10-16(11-22-12-17)15-7-9-27-14-15/h5-7,9-14H,2-4,8H2,1H3,(H2,24,25,26,29). The predicted octanol–water partition coefficient (Wildman–Crippen LogP) is 4.43. The number of pyridine rings is 2. The van der Waals surface area contributed by atoms with Crippen LogP contribution in [0.2, 0.25) is 0 Å². The molecule has 0 aliphatic carbocycles. The lowest BCUT2D eigenvalue weighted by Crippen LogP contribution is -2.34. The molecule has 0 spiro atoms. The number of ether oxygens (including phenoxy) is 1. The number of carbonyl (C=O) groups is 1. The van der Waals surface area contributed by atoms with E-state index >= 15 is 0 Å². The van der Waals surface area contributed by atoms with Crippen molar-refractivity contribution in [1.82, 2.24) is 15.3 Å². The summed E-state index contributed by atoms with van der Waals surface area (Å²) in [5.41, 5.74) is 2.67. The minimum atomic E-state index is -0.357. The van der Waals surface area contributed by atoms with E-state index in [4.69, 9.17) is 21.4 Å². The van der Waals surface area contributed by atoms with E-state index < -0.39 is 0 Å². The number of nitrogens with one attached hydrogen (secondary N) is 2. The van der Waals surface area contributed by atoms with E-state index in [0.717, 1.165) is 30.4 Å². The Morgan fingerprint density at radius 3 is 2.79 bits per heavy atom. The topological polar surface area (TPSA) is 89.3 Å². The SMILES string of the molecule is CCCCCOc1ccc(NC(=S)NC(=O)c2cncc(-c3ccoc3)c2)cn1. The van der Waals surface area contributed by atoms with Crippen molar-refractivity contribution in [2.24, 2.45) is 0 Å². The van der Waals surface area contributed by atoms with Crippen LogP contribution in [0, 0.1) is 0 Å². The van der Waals surface area contributed by atoms with E-state index in [2.05, 4.69) is 27.5 Å². The van der Waals surface area contributed by atoms with E-state index in [0.29, 0.717) is 23.7 Å². The number of rotatable bonds is 8. The number of anilines is 1. The summed E-state index contributed by atoms with van der Waals surface area (Å²) in [5, 5.41) is 5.74. The normalized spacial score (nSPS) is 10.4. The molecule has 0 radical (unpaired) electrons. The van der Waals surface area contributed by atoms with Crippen LogP contribution < -0.4 is 15.4 Å². The molecule has 0 aromatic carbocycles. The van der Waals surface area contributed by atoms with Crippen LogP contribution in [-0.4, -0.2) is 27.6 Å². The minimum Gasteiger partial charge on any atom is -0.478 e. The summed E-state index contributed by atoms with van der Waals surface area (Å²) in [6.07, 6.45) is 11.2. The lowest BCUT2D eigenvalue weighted by atomic mass is 10.1. The maximum atomic E-state index is 12.5. The van der Waals surface area contributed by atoms with Gasteiger partial charge in [0.1, 0.15) is 0 Å². The van der Waals surface area contributed by atoms with Gasteiger partial charge in [0.25, 0.3) is 5.91 Å². The van der Waals surface area contributed by atoms with Gasteiger partial charge in [0, 0.05) is 29.6 Å². The largest absolute Gasteiger partial charge is 0.478 e. The average molecular weight is 410 g/mol. The molecule has 3 heterocycles. The summed E-state index contributed by atoms with van der Waals surface area (Å²) in [6, 6.07) is 7.08. The molecule has 3 rings (SSSR count). The van der Waals surface area contributed by atoms with Crippen LogP contribution in [0.4, 0.5) is 5.69 Å². The molecule has 2 N–H and O–H groups in total.